The van der Waals surface area contributed by atoms with Gasteiger partial charge in [-0.3, -0.25) is 5.10 Å². The number of nitrogens with one attached hydrogen (secondary N) is 2. The van der Waals surface area contributed by atoms with Crippen LogP contribution >= 0.6 is 0 Å². The van der Waals surface area contributed by atoms with E-state index in [4.69, 9.17) is 10.5 Å². The summed E-state index contributed by atoms with van der Waals surface area (Å²) >= 11 is 0. The van der Waals surface area contributed by atoms with E-state index in [1.807, 2.05) is 12.3 Å². The fourth-order valence-electron chi connectivity index (χ4n) is 3.91. The molecule has 26 heavy (non-hydrogen) atoms. The molecule has 1 fully saturated rings. The van der Waals surface area contributed by atoms with E-state index < -0.39 is 0 Å². The maximum absolute atomic E-state index is 5.97. The molecular weight excluding hydrogens is 326 g/mol. The molecule has 5 rings (SSSR count). The Morgan fingerprint density at radius 1 is 1.12 bits per heavy atom. The number of aromatic amines is 2. The van der Waals surface area contributed by atoms with E-state index >= 15 is 0 Å². The van der Waals surface area contributed by atoms with E-state index in [1.54, 1.807) is 0 Å². The molecule has 0 unspecified atom stereocenters. The van der Waals surface area contributed by atoms with Crippen LogP contribution in [0.3, 0.4) is 0 Å². The van der Waals surface area contributed by atoms with Crippen molar-refractivity contribution in [2.75, 3.05) is 18.9 Å². The van der Waals surface area contributed by atoms with Gasteiger partial charge in [-0.2, -0.15) is 5.10 Å². The van der Waals surface area contributed by atoms with Gasteiger partial charge in [-0.15, -0.1) is 0 Å². The van der Waals surface area contributed by atoms with E-state index in [0.29, 0.717) is 11.7 Å². The second kappa shape index (κ2) is 6.14. The second-order valence-corrected chi connectivity index (χ2v) is 7.04. The van der Waals surface area contributed by atoms with Crippen LogP contribution in [0.2, 0.25) is 0 Å². The van der Waals surface area contributed by atoms with Crippen molar-refractivity contribution in [1.82, 2.24) is 20.2 Å². The van der Waals surface area contributed by atoms with Gasteiger partial charge in [0.15, 0.2) is 5.82 Å². The van der Waals surface area contributed by atoms with Crippen LogP contribution < -0.4 is 5.73 Å². The normalized spacial score (nSPS) is 15.8. The van der Waals surface area contributed by atoms with Gasteiger partial charge in [-0.25, -0.2) is 4.98 Å². The molecule has 0 spiro atoms. The average Bonchev–Trinajstić information content (AvgIpc) is 3.25. The van der Waals surface area contributed by atoms with Crippen molar-refractivity contribution in [3.8, 4) is 11.1 Å². The molecule has 0 bridgehead atoms. The minimum atomic E-state index is 0.529. The Morgan fingerprint density at radius 3 is 2.88 bits per heavy atom. The van der Waals surface area contributed by atoms with Gasteiger partial charge < -0.3 is 15.5 Å². The fourth-order valence-corrected chi connectivity index (χ4v) is 3.91. The van der Waals surface area contributed by atoms with E-state index in [1.165, 1.54) is 5.69 Å². The number of pyridine rings is 1. The zero-order valence-electron chi connectivity index (χ0n) is 14.5. The molecule has 4 aromatic rings. The van der Waals surface area contributed by atoms with E-state index in [-0.39, 0.29) is 0 Å². The van der Waals surface area contributed by atoms with E-state index in [0.717, 1.165) is 65.5 Å². The van der Waals surface area contributed by atoms with Gasteiger partial charge in [0.2, 0.25) is 0 Å². The number of fused-ring (bicyclic) bond motifs is 2. The monoisotopic (exact) mass is 347 g/mol. The lowest BCUT2D eigenvalue weighted by Gasteiger charge is -2.21. The first-order chi connectivity index (χ1) is 12.8. The summed E-state index contributed by atoms with van der Waals surface area (Å²) in [6.07, 6.45) is 5.17. The highest BCUT2D eigenvalue weighted by Crippen LogP contribution is 2.32. The van der Waals surface area contributed by atoms with Crippen molar-refractivity contribution < 1.29 is 4.74 Å². The van der Waals surface area contributed by atoms with Gasteiger partial charge in [0.25, 0.3) is 0 Å². The smallest absolute Gasteiger partial charge is 0.153 e. The number of aromatic nitrogens is 4. The largest absolute Gasteiger partial charge is 0.382 e. The molecule has 1 aliphatic heterocycles. The van der Waals surface area contributed by atoms with Crippen LogP contribution in [-0.2, 0) is 11.2 Å². The van der Waals surface area contributed by atoms with Crippen molar-refractivity contribution in [3.05, 3.63) is 42.2 Å². The molecule has 3 aromatic heterocycles. The number of hydrogen-bond acceptors (Lipinski definition) is 4. The lowest BCUT2D eigenvalue weighted by atomic mass is 9.95. The number of H-pyrrole nitrogens is 2. The molecule has 6 heteroatoms. The summed E-state index contributed by atoms with van der Waals surface area (Å²) in [5.41, 5.74) is 11.4. The van der Waals surface area contributed by atoms with Crippen LogP contribution in [0.1, 0.15) is 18.5 Å². The van der Waals surface area contributed by atoms with Crippen LogP contribution in [0.4, 0.5) is 5.82 Å². The van der Waals surface area contributed by atoms with Gasteiger partial charge in [0.05, 0.1) is 5.52 Å². The molecule has 6 nitrogen and oxygen atoms in total. The standard InChI is InChI=1S/C20H21N5O/c21-19-17-10-13(1-2-18(17)24-25-19)15-3-6-22-20-16(15)11-14(23-20)9-12-4-7-26-8-5-12/h1-3,6,10-12H,4-5,7-9H2,(H,22,23)(H3,21,24,25). The van der Waals surface area contributed by atoms with Crippen LogP contribution in [-0.4, -0.2) is 33.4 Å². The Labute approximate surface area is 150 Å². The summed E-state index contributed by atoms with van der Waals surface area (Å²) < 4.78 is 5.47. The summed E-state index contributed by atoms with van der Waals surface area (Å²) in [6, 6.07) is 10.5. The molecule has 4 N–H and O–H groups in total. The van der Waals surface area contributed by atoms with Crippen LogP contribution in [0.5, 0.6) is 0 Å². The van der Waals surface area contributed by atoms with Gasteiger partial charge in [0, 0.05) is 35.9 Å². The number of nitrogens with two attached hydrogens (primary N) is 1. The minimum absolute atomic E-state index is 0.529. The third-order valence-corrected chi connectivity index (χ3v) is 5.34. The van der Waals surface area contributed by atoms with Crippen LogP contribution in [0.25, 0.3) is 33.1 Å². The predicted octanol–water partition coefficient (Wildman–Crippen LogP) is 3.66. The number of nitrogens with zero attached hydrogens (tertiary/aromatic N) is 2. The summed E-state index contributed by atoms with van der Waals surface area (Å²) in [5.74, 6) is 1.21. The van der Waals surface area contributed by atoms with Gasteiger partial charge in [-0.05, 0) is 60.6 Å². The molecule has 0 atom stereocenters. The molecule has 0 radical (unpaired) electrons. The predicted molar refractivity (Wildman–Crippen MR) is 103 cm³/mol. The first-order valence-electron chi connectivity index (χ1n) is 9.06. The van der Waals surface area contributed by atoms with Gasteiger partial charge in [-0.1, -0.05) is 6.07 Å². The summed E-state index contributed by atoms with van der Waals surface area (Å²) in [7, 11) is 0. The molecule has 1 saturated heterocycles. The molecule has 4 heterocycles. The molecule has 1 aromatic carbocycles. The Hall–Kier alpha value is -2.86. The first kappa shape index (κ1) is 15.4. The highest BCUT2D eigenvalue weighted by atomic mass is 16.5. The lowest BCUT2D eigenvalue weighted by Crippen LogP contribution is -2.17. The SMILES string of the molecule is Nc1n[nH]c2ccc(-c3ccnc4[nH]c(CC5CCOCC5)cc34)cc12. The van der Waals surface area contributed by atoms with Crippen molar-refractivity contribution in [1.29, 1.82) is 0 Å². The summed E-state index contributed by atoms with van der Waals surface area (Å²) in [4.78, 5) is 8.03. The Bertz CT molecular complexity index is 1070. The Morgan fingerprint density at radius 2 is 2.00 bits per heavy atom. The second-order valence-electron chi connectivity index (χ2n) is 7.04. The van der Waals surface area contributed by atoms with Crippen molar-refractivity contribution in [3.63, 3.8) is 0 Å². The zero-order valence-corrected chi connectivity index (χ0v) is 14.5. The molecule has 0 saturated carbocycles. The topological polar surface area (TPSA) is 92.6 Å². The van der Waals surface area contributed by atoms with E-state index in [2.05, 4.69) is 44.4 Å². The van der Waals surface area contributed by atoms with Gasteiger partial charge in [0.1, 0.15) is 5.65 Å². The Kier molecular flexibility index (Phi) is 3.64. The lowest BCUT2D eigenvalue weighted by molar-refractivity contribution is 0.0663. The van der Waals surface area contributed by atoms with Crippen molar-refractivity contribution in [2.45, 2.75) is 19.3 Å². The number of hydrogen-bond donors (Lipinski definition) is 3. The highest BCUT2D eigenvalue weighted by molar-refractivity contribution is 5.98. The maximum Gasteiger partial charge on any atom is 0.153 e. The third kappa shape index (κ3) is 2.63. The molecule has 0 aliphatic carbocycles. The molecular formula is C20H21N5O. The minimum Gasteiger partial charge on any atom is -0.382 e. The summed E-state index contributed by atoms with van der Waals surface area (Å²) in [6.45, 7) is 1.75. The third-order valence-electron chi connectivity index (χ3n) is 5.34. The zero-order chi connectivity index (χ0) is 17.5. The quantitative estimate of drug-likeness (QED) is 0.527. The number of rotatable bonds is 3. The number of ether oxygens (including phenoxy) is 1. The fraction of sp³-hybridized carbons (Fsp3) is 0.300. The molecule has 132 valence electrons. The summed E-state index contributed by atoms with van der Waals surface area (Å²) in [5, 5.41) is 9.13. The van der Waals surface area contributed by atoms with Crippen molar-refractivity contribution >= 4 is 27.8 Å². The number of benzene rings is 1. The highest BCUT2D eigenvalue weighted by Gasteiger charge is 2.17. The average molecular weight is 347 g/mol. The number of nitrogen functional groups attached to an aromatic ring is 1. The number of anilines is 1. The van der Waals surface area contributed by atoms with Crippen LogP contribution in [0.15, 0.2) is 36.5 Å². The maximum atomic E-state index is 5.97. The van der Waals surface area contributed by atoms with Gasteiger partial charge >= 0.3 is 0 Å². The first-order valence-corrected chi connectivity index (χ1v) is 9.06. The van der Waals surface area contributed by atoms with E-state index in [9.17, 15) is 0 Å². The molecule has 1 aliphatic rings. The van der Waals surface area contributed by atoms with Crippen molar-refractivity contribution in [2.24, 2.45) is 5.92 Å². The molecule has 0 amide bonds. The Balaban J connectivity index is 1.55. The van der Waals surface area contributed by atoms with Crippen LogP contribution in [0, 0.1) is 5.92 Å².